The Kier molecular flexibility index (Phi) is 4.34. The van der Waals surface area contributed by atoms with Gasteiger partial charge >= 0.3 is 11.9 Å². The molecule has 0 heterocycles. The van der Waals surface area contributed by atoms with Crippen LogP contribution in [0.15, 0.2) is 54.6 Å². The van der Waals surface area contributed by atoms with Crippen molar-refractivity contribution in [3.8, 4) is 5.75 Å². The summed E-state index contributed by atoms with van der Waals surface area (Å²) in [5.41, 5.74) is 0.607. The van der Waals surface area contributed by atoms with E-state index in [0.717, 1.165) is 0 Å². The number of hydrogen-bond donors (Lipinski definition) is 1. The molecule has 0 aromatic heterocycles. The van der Waals surface area contributed by atoms with Gasteiger partial charge in [-0.2, -0.15) is 0 Å². The first-order chi connectivity index (χ1) is 9.66. The number of aromatic carboxylic acids is 1. The highest BCUT2D eigenvalue weighted by Crippen LogP contribution is 2.12. The number of carboxylic acids is 1. The van der Waals surface area contributed by atoms with Gasteiger partial charge in [-0.15, -0.1) is 0 Å². The third-order valence-corrected chi connectivity index (χ3v) is 2.53. The Morgan fingerprint density at radius 1 is 0.900 bits per heavy atom. The lowest BCUT2D eigenvalue weighted by Crippen LogP contribution is -2.10. The molecule has 0 bridgehead atoms. The van der Waals surface area contributed by atoms with Gasteiger partial charge in [0.15, 0.2) is 0 Å². The van der Waals surface area contributed by atoms with Crippen molar-refractivity contribution in [1.82, 2.24) is 0 Å². The van der Waals surface area contributed by atoms with E-state index in [-0.39, 0.29) is 12.4 Å². The van der Waals surface area contributed by atoms with Crippen LogP contribution >= 0.6 is 0 Å². The van der Waals surface area contributed by atoms with Crippen LogP contribution in [0.5, 0.6) is 5.75 Å². The number of esters is 1. The predicted octanol–water partition coefficient (Wildman–Crippen LogP) is 2.58. The lowest BCUT2D eigenvalue weighted by atomic mass is 10.2. The molecule has 2 rings (SSSR count). The SMILES string of the molecule is O=C(O)c1ccc(OCOC(=O)c2ccccc2)cc1. The lowest BCUT2D eigenvalue weighted by molar-refractivity contribution is 0.0154. The van der Waals surface area contributed by atoms with Crippen molar-refractivity contribution in [1.29, 1.82) is 0 Å². The summed E-state index contributed by atoms with van der Waals surface area (Å²) >= 11 is 0. The maximum absolute atomic E-state index is 11.6. The van der Waals surface area contributed by atoms with Crippen molar-refractivity contribution in [2.24, 2.45) is 0 Å². The summed E-state index contributed by atoms with van der Waals surface area (Å²) in [6.45, 7) is -0.236. The van der Waals surface area contributed by atoms with Gasteiger partial charge in [0.25, 0.3) is 0 Å². The van der Waals surface area contributed by atoms with Gasteiger partial charge in [-0.1, -0.05) is 18.2 Å². The van der Waals surface area contributed by atoms with Crippen LogP contribution in [0.1, 0.15) is 20.7 Å². The number of carbonyl (C=O) groups is 2. The summed E-state index contributed by atoms with van der Waals surface area (Å²) in [5.74, 6) is -1.06. The van der Waals surface area contributed by atoms with Crippen LogP contribution in [0, 0.1) is 0 Å². The van der Waals surface area contributed by atoms with Gasteiger partial charge in [0.2, 0.25) is 6.79 Å². The predicted molar refractivity (Wildman–Crippen MR) is 70.8 cm³/mol. The highest BCUT2D eigenvalue weighted by Gasteiger charge is 2.06. The molecule has 0 aliphatic carbocycles. The molecule has 2 aromatic rings. The molecule has 1 N–H and O–H groups in total. The van der Waals surface area contributed by atoms with Gasteiger partial charge in [0, 0.05) is 0 Å². The topological polar surface area (TPSA) is 72.8 Å². The van der Waals surface area contributed by atoms with Gasteiger partial charge in [-0.25, -0.2) is 9.59 Å². The highest BCUT2D eigenvalue weighted by molar-refractivity contribution is 5.89. The summed E-state index contributed by atoms with van der Waals surface area (Å²) in [6, 6.07) is 14.4. The van der Waals surface area contributed by atoms with E-state index >= 15 is 0 Å². The first kappa shape index (κ1) is 13.6. The minimum Gasteiger partial charge on any atom is -0.478 e. The zero-order valence-corrected chi connectivity index (χ0v) is 10.5. The van der Waals surface area contributed by atoms with E-state index in [4.69, 9.17) is 14.6 Å². The fraction of sp³-hybridized carbons (Fsp3) is 0.0667. The highest BCUT2D eigenvalue weighted by atomic mass is 16.7. The molecule has 0 saturated carbocycles. The molecule has 5 nitrogen and oxygen atoms in total. The van der Waals surface area contributed by atoms with Crippen molar-refractivity contribution < 1.29 is 24.2 Å². The second-order valence-corrected chi connectivity index (χ2v) is 3.89. The second kappa shape index (κ2) is 6.38. The Hall–Kier alpha value is -2.82. The summed E-state index contributed by atoms with van der Waals surface area (Å²) in [5, 5.41) is 8.74. The van der Waals surface area contributed by atoms with Crippen LogP contribution in [0.25, 0.3) is 0 Å². The number of carboxylic acid groups (broad SMARTS) is 1. The molecule has 0 atom stereocenters. The van der Waals surface area contributed by atoms with E-state index < -0.39 is 11.9 Å². The van der Waals surface area contributed by atoms with Crippen molar-refractivity contribution >= 4 is 11.9 Å². The number of hydrogen-bond acceptors (Lipinski definition) is 4. The van der Waals surface area contributed by atoms with Gasteiger partial charge in [0.1, 0.15) is 5.75 Å². The van der Waals surface area contributed by atoms with E-state index in [1.165, 1.54) is 24.3 Å². The van der Waals surface area contributed by atoms with Gasteiger partial charge < -0.3 is 14.6 Å². The third-order valence-electron chi connectivity index (χ3n) is 2.53. The molecule has 5 heteroatoms. The van der Waals surface area contributed by atoms with Crippen molar-refractivity contribution in [2.75, 3.05) is 6.79 Å². The number of carbonyl (C=O) groups excluding carboxylic acids is 1. The first-order valence-corrected chi connectivity index (χ1v) is 5.85. The van der Waals surface area contributed by atoms with E-state index in [1.807, 2.05) is 0 Å². The minimum atomic E-state index is -1.01. The Morgan fingerprint density at radius 2 is 1.55 bits per heavy atom. The van der Waals surface area contributed by atoms with Crippen LogP contribution in [0.4, 0.5) is 0 Å². The largest absolute Gasteiger partial charge is 0.478 e. The third kappa shape index (κ3) is 3.58. The molecule has 0 saturated heterocycles. The van der Waals surface area contributed by atoms with Gasteiger partial charge in [0.05, 0.1) is 11.1 Å². The van der Waals surface area contributed by atoms with E-state index in [2.05, 4.69) is 0 Å². The number of rotatable bonds is 5. The molecular weight excluding hydrogens is 260 g/mol. The summed E-state index contributed by atoms with van der Waals surface area (Å²) in [4.78, 5) is 22.3. The van der Waals surface area contributed by atoms with Gasteiger partial charge in [-0.05, 0) is 36.4 Å². The van der Waals surface area contributed by atoms with Crippen molar-refractivity contribution in [2.45, 2.75) is 0 Å². The van der Waals surface area contributed by atoms with Crippen LogP contribution in [-0.2, 0) is 4.74 Å². The van der Waals surface area contributed by atoms with Crippen molar-refractivity contribution in [3.05, 3.63) is 65.7 Å². The lowest BCUT2D eigenvalue weighted by Gasteiger charge is -2.07. The maximum atomic E-state index is 11.6. The van der Waals surface area contributed by atoms with E-state index in [0.29, 0.717) is 11.3 Å². The normalized spacial score (nSPS) is 9.80. The molecule has 2 aromatic carbocycles. The summed E-state index contributed by atoms with van der Waals surface area (Å²) < 4.78 is 10.1. The number of ether oxygens (including phenoxy) is 2. The Bertz CT molecular complexity index is 589. The average molecular weight is 272 g/mol. The zero-order valence-electron chi connectivity index (χ0n) is 10.5. The molecule has 0 fully saturated rings. The molecule has 0 radical (unpaired) electrons. The summed E-state index contributed by atoms with van der Waals surface area (Å²) in [6.07, 6.45) is 0. The summed E-state index contributed by atoms with van der Waals surface area (Å²) in [7, 11) is 0. The second-order valence-electron chi connectivity index (χ2n) is 3.89. The number of benzene rings is 2. The smallest absolute Gasteiger partial charge is 0.340 e. The minimum absolute atomic E-state index is 0.165. The first-order valence-electron chi connectivity index (χ1n) is 5.85. The monoisotopic (exact) mass is 272 g/mol. The Labute approximate surface area is 115 Å². The Balaban J connectivity index is 1.84. The van der Waals surface area contributed by atoms with Crippen LogP contribution in [-0.4, -0.2) is 23.8 Å². The Morgan fingerprint density at radius 3 is 2.15 bits per heavy atom. The van der Waals surface area contributed by atoms with Crippen molar-refractivity contribution in [3.63, 3.8) is 0 Å². The fourth-order valence-corrected chi connectivity index (χ4v) is 1.50. The van der Waals surface area contributed by atoms with Crippen LogP contribution in [0.3, 0.4) is 0 Å². The molecule has 0 spiro atoms. The standard InChI is InChI=1S/C15H12O5/c16-14(17)11-6-8-13(9-7-11)19-10-20-15(18)12-4-2-1-3-5-12/h1-9H,10H2,(H,16,17). The van der Waals surface area contributed by atoms with Crippen LogP contribution < -0.4 is 4.74 Å². The molecule has 0 aliphatic heterocycles. The van der Waals surface area contributed by atoms with E-state index in [9.17, 15) is 9.59 Å². The quantitative estimate of drug-likeness (QED) is 0.669. The van der Waals surface area contributed by atoms with Crippen LogP contribution in [0.2, 0.25) is 0 Å². The molecule has 20 heavy (non-hydrogen) atoms. The van der Waals surface area contributed by atoms with Gasteiger partial charge in [-0.3, -0.25) is 0 Å². The molecular formula is C15H12O5. The van der Waals surface area contributed by atoms with E-state index in [1.54, 1.807) is 30.3 Å². The zero-order chi connectivity index (χ0) is 14.4. The molecule has 102 valence electrons. The molecule has 0 aliphatic rings. The molecule has 0 unspecified atom stereocenters. The maximum Gasteiger partial charge on any atom is 0.340 e. The molecule has 0 amide bonds. The fourth-order valence-electron chi connectivity index (χ4n) is 1.50. The average Bonchev–Trinajstić information content (AvgIpc) is 2.48.